The van der Waals surface area contributed by atoms with Gasteiger partial charge >= 0.3 is 12.4 Å². The number of rotatable bonds is 4. The van der Waals surface area contributed by atoms with E-state index in [-0.39, 0.29) is 11.8 Å². The fraction of sp³-hybridized carbons (Fsp3) is 0.308. The van der Waals surface area contributed by atoms with E-state index in [1.165, 1.54) is 45.3 Å². The van der Waals surface area contributed by atoms with E-state index < -0.39 is 46.2 Å². The Kier molecular flexibility index (Phi) is 6.96. The van der Waals surface area contributed by atoms with Crippen molar-refractivity contribution in [2.45, 2.75) is 45.5 Å². The van der Waals surface area contributed by atoms with Crippen LogP contribution in [-0.4, -0.2) is 17.9 Å². The van der Waals surface area contributed by atoms with Gasteiger partial charge in [-0.1, -0.05) is 6.07 Å². The van der Waals surface area contributed by atoms with Gasteiger partial charge in [0.1, 0.15) is 5.82 Å². The summed E-state index contributed by atoms with van der Waals surface area (Å²) in [5.74, 6) is -1.22. The van der Waals surface area contributed by atoms with Gasteiger partial charge in [0.25, 0.3) is 0 Å². The van der Waals surface area contributed by atoms with Crippen molar-refractivity contribution in [2.24, 2.45) is 0 Å². The minimum atomic E-state index is -5.05. The number of alkyl halides is 6. The second kappa shape index (κ2) is 9.22. The Labute approximate surface area is 203 Å². The number of aryl methyl sites for hydroxylation is 2. The van der Waals surface area contributed by atoms with Gasteiger partial charge in [-0.3, -0.25) is 9.78 Å². The molecular weight excluding hydrogens is 489 g/mol. The minimum absolute atomic E-state index is 0.0209. The summed E-state index contributed by atoms with van der Waals surface area (Å²) in [5.41, 5.74) is -2.72. The van der Waals surface area contributed by atoms with Gasteiger partial charge in [0.2, 0.25) is 5.91 Å². The molecule has 0 aliphatic rings. The molecule has 3 aromatic rings. The average molecular weight is 512 g/mol. The third-order valence-corrected chi connectivity index (χ3v) is 6.01. The maximum atomic E-state index is 13.7. The first-order chi connectivity index (χ1) is 16.4. The predicted molar refractivity (Wildman–Crippen MR) is 122 cm³/mol. The van der Waals surface area contributed by atoms with Crippen molar-refractivity contribution in [1.29, 1.82) is 0 Å². The number of amides is 1. The second-order valence-electron chi connectivity index (χ2n) is 9.09. The van der Waals surface area contributed by atoms with Crippen LogP contribution in [-0.2, 0) is 22.6 Å². The van der Waals surface area contributed by atoms with Gasteiger partial charge in [0.05, 0.1) is 28.4 Å². The zero-order valence-corrected chi connectivity index (χ0v) is 20.1. The number of carbonyl (C=O) groups excluding carboxylic acids is 1. The summed E-state index contributed by atoms with van der Waals surface area (Å²) in [5, 5.41) is 0. The number of anilines is 1. The number of carbonyl (C=O) groups is 1. The molecule has 1 amide bonds. The van der Waals surface area contributed by atoms with Crippen LogP contribution in [0.3, 0.4) is 0 Å². The molecule has 1 aromatic heterocycles. The molecule has 0 spiro atoms. The Morgan fingerprint density at radius 1 is 0.806 bits per heavy atom. The highest BCUT2D eigenvalue weighted by atomic mass is 19.4. The number of nitrogens with zero attached hydrogens (tertiary/aromatic N) is 2. The van der Waals surface area contributed by atoms with Crippen molar-refractivity contribution in [3.63, 3.8) is 0 Å². The van der Waals surface area contributed by atoms with Gasteiger partial charge in [0, 0.05) is 18.3 Å². The monoisotopic (exact) mass is 512 g/mol. The van der Waals surface area contributed by atoms with Crippen LogP contribution < -0.4 is 4.90 Å². The van der Waals surface area contributed by atoms with Gasteiger partial charge in [-0.05, 0) is 80.8 Å². The van der Waals surface area contributed by atoms with Crippen LogP contribution in [0.5, 0.6) is 0 Å². The molecule has 10 heteroatoms. The smallest absolute Gasteiger partial charge is 0.313 e. The number of benzene rings is 2. The Morgan fingerprint density at radius 3 is 1.83 bits per heavy atom. The molecule has 0 N–H and O–H groups in total. The second-order valence-corrected chi connectivity index (χ2v) is 9.09. The highest BCUT2D eigenvalue weighted by Gasteiger charge is 2.41. The van der Waals surface area contributed by atoms with E-state index in [9.17, 15) is 35.5 Å². The zero-order chi connectivity index (χ0) is 27.2. The fourth-order valence-corrected chi connectivity index (χ4v) is 3.93. The van der Waals surface area contributed by atoms with Gasteiger partial charge in [-0.15, -0.1) is 0 Å². The molecule has 192 valence electrons. The molecule has 0 radical (unpaired) electrons. The largest absolute Gasteiger partial charge is 0.416 e. The van der Waals surface area contributed by atoms with Gasteiger partial charge in [-0.2, -0.15) is 26.3 Å². The van der Waals surface area contributed by atoms with Gasteiger partial charge in [-0.25, -0.2) is 4.39 Å². The first-order valence-corrected chi connectivity index (χ1v) is 10.7. The van der Waals surface area contributed by atoms with Crippen molar-refractivity contribution in [2.75, 3.05) is 11.9 Å². The van der Waals surface area contributed by atoms with Crippen LogP contribution in [0.15, 0.2) is 48.7 Å². The van der Waals surface area contributed by atoms with Crippen LogP contribution in [0.2, 0.25) is 0 Å². The molecule has 2 aromatic carbocycles. The average Bonchev–Trinajstić information content (AvgIpc) is 2.76. The summed E-state index contributed by atoms with van der Waals surface area (Å²) < 4.78 is 94.0. The quantitative estimate of drug-likeness (QED) is 0.340. The molecule has 3 rings (SSSR count). The van der Waals surface area contributed by atoms with E-state index in [2.05, 4.69) is 4.98 Å². The molecule has 3 nitrogen and oxygen atoms in total. The number of hydrogen-bond donors (Lipinski definition) is 0. The lowest BCUT2D eigenvalue weighted by Gasteiger charge is -2.32. The molecule has 0 saturated carbocycles. The Morgan fingerprint density at radius 2 is 1.33 bits per heavy atom. The summed E-state index contributed by atoms with van der Waals surface area (Å²) in [6, 6.07) is 6.87. The number of pyridine rings is 1. The predicted octanol–water partition coefficient (Wildman–Crippen LogP) is 7.48. The topological polar surface area (TPSA) is 33.2 Å². The van der Waals surface area contributed by atoms with Gasteiger partial charge < -0.3 is 4.90 Å². The van der Waals surface area contributed by atoms with Crippen LogP contribution in [0.25, 0.3) is 11.1 Å². The number of halogens is 7. The molecule has 0 atom stereocenters. The number of aromatic nitrogens is 1. The highest BCUT2D eigenvalue weighted by Crippen LogP contribution is 2.40. The van der Waals surface area contributed by atoms with E-state index in [1.807, 2.05) is 0 Å². The Hall–Kier alpha value is -3.43. The van der Waals surface area contributed by atoms with Crippen molar-refractivity contribution < 1.29 is 35.5 Å². The van der Waals surface area contributed by atoms with E-state index in [4.69, 9.17) is 0 Å². The SMILES string of the molecule is Cc1cc(-c2ccc(F)cc2C)c(N(C)C(=O)C(C)(C)c2cc(C(F)(F)F)cc(C(F)(F)F)c2)cn1. The summed E-state index contributed by atoms with van der Waals surface area (Å²) >= 11 is 0. The lowest BCUT2D eigenvalue weighted by Crippen LogP contribution is -2.42. The summed E-state index contributed by atoms with van der Waals surface area (Å²) in [6.45, 7) is 5.89. The molecule has 0 fully saturated rings. The van der Waals surface area contributed by atoms with Crippen LogP contribution in [0, 0.1) is 19.7 Å². The molecular formula is C26H23F7N2O. The molecule has 0 unspecified atom stereocenters. The maximum absolute atomic E-state index is 13.7. The van der Waals surface area contributed by atoms with Crippen LogP contribution in [0.1, 0.15) is 41.8 Å². The summed E-state index contributed by atoms with van der Waals surface area (Å²) in [6.07, 6.45) is -8.71. The standard InChI is InChI=1S/C26H23F7N2O/c1-14-8-19(27)6-7-20(14)21-9-15(2)34-13-22(21)35(5)23(36)24(3,4)16-10-17(25(28,29)30)12-18(11-16)26(31,32)33/h6-13H,1-5H3. The van der Waals surface area contributed by atoms with E-state index in [1.54, 1.807) is 19.9 Å². The van der Waals surface area contributed by atoms with Crippen molar-refractivity contribution in [1.82, 2.24) is 4.98 Å². The third-order valence-electron chi connectivity index (χ3n) is 6.01. The highest BCUT2D eigenvalue weighted by molar-refractivity contribution is 6.03. The van der Waals surface area contributed by atoms with E-state index in [0.29, 0.717) is 34.5 Å². The van der Waals surface area contributed by atoms with Crippen molar-refractivity contribution in [3.8, 4) is 11.1 Å². The zero-order valence-electron chi connectivity index (χ0n) is 20.1. The maximum Gasteiger partial charge on any atom is 0.416 e. The van der Waals surface area contributed by atoms with Crippen LogP contribution >= 0.6 is 0 Å². The first-order valence-electron chi connectivity index (χ1n) is 10.7. The van der Waals surface area contributed by atoms with E-state index >= 15 is 0 Å². The lowest BCUT2D eigenvalue weighted by molar-refractivity contribution is -0.143. The molecule has 36 heavy (non-hydrogen) atoms. The molecule has 0 aliphatic heterocycles. The van der Waals surface area contributed by atoms with Gasteiger partial charge in [0.15, 0.2) is 0 Å². The number of likely N-dealkylation sites (N-methyl/N-ethyl adjacent to an activating group) is 1. The Bertz CT molecular complexity index is 1280. The van der Waals surface area contributed by atoms with E-state index in [0.717, 1.165) is 4.90 Å². The van der Waals surface area contributed by atoms with Crippen molar-refractivity contribution in [3.05, 3.63) is 82.4 Å². The normalized spacial score (nSPS) is 12.6. The molecule has 0 aliphatic carbocycles. The first kappa shape index (κ1) is 27.2. The van der Waals surface area contributed by atoms with Crippen LogP contribution in [0.4, 0.5) is 36.4 Å². The minimum Gasteiger partial charge on any atom is -0.313 e. The summed E-state index contributed by atoms with van der Waals surface area (Å²) in [7, 11) is 1.36. The fourth-order valence-electron chi connectivity index (χ4n) is 3.93. The molecule has 1 heterocycles. The summed E-state index contributed by atoms with van der Waals surface area (Å²) in [4.78, 5) is 18.9. The Balaban J connectivity index is 2.14. The molecule has 0 saturated heterocycles. The third kappa shape index (κ3) is 5.37. The number of hydrogen-bond acceptors (Lipinski definition) is 2. The van der Waals surface area contributed by atoms with Crippen molar-refractivity contribution >= 4 is 11.6 Å². The lowest BCUT2D eigenvalue weighted by atomic mass is 9.81. The molecule has 0 bridgehead atoms.